The Hall–Kier alpha value is -1.12. The summed E-state index contributed by atoms with van der Waals surface area (Å²) in [7, 11) is -9.54. The zero-order valence-corrected chi connectivity index (χ0v) is 9.31. The summed E-state index contributed by atoms with van der Waals surface area (Å²) in [5, 5.41) is 8.49. The van der Waals surface area contributed by atoms with Crippen molar-refractivity contribution < 1.29 is 32.4 Å². The summed E-state index contributed by atoms with van der Waals surface area (Å²) < 4.78 is 41.1. The van der Waals surface area contributed by atoms with Crippen LogP contribution in [0.25, 0.3) is 0 Å². The van der Waals surface area contributed by atoms with E-state index in [4.69, 9.17) is 20.1 Å². The van der Waals surface area contributed by atoms with E-state index in [0.717, 1.165) is 6.07 Å². The number of phenols is 1. The molecule has 1 rings (SSSR count). The van der Waals surface area contributed by atoms with Crippen molar-refractivity contribution >= 4 is 28.7 Å². The van der Waals surface area contributed by atoms with E-state index in [1.807, 2.05) is 0 Å². The summed E-state index contributed by atoms with van der Waals surface area (Å²) in [6.07, 6.45) is 0. The van der Waals surface area contributed by atoms with Gasteiger partial charge in [-0.1, -0.05) is 0 Å². The molecule has 0 amide bonds. The van der Waals surface area contributed by atoms with Crippen LogP contribution in [0.1, 0.15) is 0 Å². The van der Waals surface area contributed by atoms with Crippen LogP contribution in [0.2, 0.25) is 0 Å². The van der Waals surface area contributed by atoms with Crippen LogP contribution in [0.3, 0.4) is 0 Å². The van der Waals surface area contributed by atoms with Gasteiger partial charge in [0.1, 0.15) is 4.90 Å². The third-order valence-corrected chi connectivity index (χ3v) is 3.50. The van der Waals surface area contributed by atoms with E-state index in [1.54, 1.807) is 0 Å². The number of hydrogen-bond acceptors (Lipinski definition) is 5. The molecule has 0 aliphatic carbocycles. The Kier molecular flexibility index (Phi) is 3.01. The Balaban J connectivity index is 3.66. The Bertz CT molecular complexity index is 575. The van der Waals surface area contributed by atoms with Gasteiger partial charge in [-0.25, -0.2) is 0 Å². The van der Waals surface area contributed by atoms with Gasteiger partial charge in [0.15, 0.2) is 5.75 Å². The van der Waals surface area contributed by atoms with Crippen molar-refractivity contribution in [3.8, 4) is 5.75 Å². The van der Waals surface area contributed by atoms with Gasteiger partial charge in [-0.15, -0.1) is 0 Å². The molecular formula is C6H8NO7PS. The summed E-state index contributed by atoms with van der Waals surface area (Å²) in [5.74, 6) is -0.959. The minimum atomic E-state index is -4.81. The first kappa shape index (κ1) is 12.9. The van der Waals surface area contributed by atoms with Crippen molar-refractivity contribution in [3.63, 3.8) is 0 Å². The maximum Gasteiger partial charge on any atom is 0.356 e. The maximum absolute atomic E-state index is 10.9. The molecule has 16 heavy (non-hydrogen) atoms. The quantitative estimate of drug-likeness (QED) is 0.198. The van der Waals surface area contributed by atoms with E-state index in [2.05, 4.69) is 0 Å². The fraction of sp³-hybridized carbons (Fsp3) is 0. The smallest absolute Gasteiger partial charge is 0.356 e. The van der Waals surface area contributed by atoms with Crippen LogP contribution >= 0.6 is 7.60 Å². The maximum atomic E-state index is 10.9. The number of aromatic hydroxyl groups is 1. The largest absolute Gasteiger partial charge is 0.504 e. The molecular weight excluding hydrogens is 261 g/mol. The fourth-order valence-electron chi connectivity index (χ4n) is 0.979. The molecule has 0 aliphatic rings. The fourth-order valence-corrected chi connectivity index (χ4v) is 2.31. The van der Waals surface area contributed by atoms with Crippen LogP contribution in [0.15, 0.2) is 17.0 Å². The molecule has 0 bridgehead atoms. The molecule has 1 aromatic rings. The minimum absolute atomic E-state index is 0.460. The minimum Gasteiger partial charge on any atom is -0.504 e. The van der Waals surface area contributed by atoms with Crippen LogP contribution < -0.4 is 11.0 Å². The monoisotopic (exact) mass is 269 g/mol. The number of anilines is 1. The average molecular weight is 269 g/mol. The first-order valence-corrected chi connectivity index (χ1v) is 6.75. The average Bonchev–Trinajstić information content (AvgIpc) is 2.05. The number of nitrogen functional groups attached to an aromatic ring is 1. The predicted molar refractivity (Wildman–Crippen MR) is 54.0 cm³/mol. The van der Waals surface area contributed by atoms with E-state index in [9.17, 15) is 18.1 Å². The molecule has 0 unspecified atom stereocenters. The highest BCUT2D eigenvalue weighted by molar-refractivity contribution is 7.86. The third kappa shape index (κ3) is 2.52. The van der Waals surface area contributed by atoms with Gasteiger partial charge in [-0.3, -0.25) is 9.12 Å². The van der Waals surface area contributed by atoms with Crippen molar-refractivity contribution in [3.05, 3.63) is 12.1 Å². The van der Waals surface area contributed by atoms with Gasteiger partial charge in [0.2, 0.25) is 0 Å². The standard InChI is InChI=1S/C6H8NO7PS/c7-4-1-3(15(9,10)11)2-5(6(4)8)16(12,13)14/h1-2,8H,7H2,(H2,9,10,11)(H,12,13,14). The molecule has 0 aromatic heterocycles. The van der Waals surface area contributed by atoms with Gasteiger partial charge in [-0.05, 0) is 12.1 Å². The van der Waals surface area contributed by atoms with Crippen molar-refractivity contribution in [2.45, 2.75) is 4.90 Å². The summed E-state index contributed by atoms with van der Waals surface area (Å²) >= 11 is 0. The number of rotatable bonds is 2. The first-order chi connectivity index (χ1) is 7.03. The molecule has 0 saturated carbocycles. The SMILES string of the molecule is Nc1cc(P(=O)(O)O)cc(S(=O)(=O)O)c1O. The highest BCUT2D eigenvalue weighted by atomic mass is 32.2. The van der Waals surface area contributed by atoms with Crippen molar-refractivity contribution in [2.24, 2.45) is 0 Å². The molecule has 0 atom stereocenters. The Labute approximate surface area is 90.2 Å². The molecule has 0 heterocycles. The summed E-state index contributed by atoms with van der Waals surface area (Å²) in [4.78, 5) is 16.5. The second-order valence-electron chi connectivity index (χ2n) is 2.90. The second kappa shape index (κ2) is 3.72. The van der Waals surface area contributed by atoms with Gasteiger partial charge in [0, 0.05) is 0 Å². The molecule has 10 heteroatoms. The van der Waals surface area contributed by atoms with Crippen molar-refractivity contribution in [2.75, 3.05) is 5.73 Å². The van der Waals surface area contributed by atoms with Crippen molar-refractivity contribution in [1.29, 1.82) is 0 Å². The molecule has 0 fully saturated rings. The topological polar surface area (TPSA) is 158 Å². The Morgan fingerprint density at radius 2 is 1.75 bits per heavy atom. The van der Waals surface area contributed by atoms with E-state index in [1.165, 1.54) is 0 Å². The van der Waals surface area contributed by atoms with Gasteiger partial charge in [-0.2, -0.15) is 8.42 Å². The van der Waals surface area contributed by atoms with E-state index < -0.39 is 39.4 Å². The zero-order valence-electron chi connectivity index (χ0n) is 7.60. The number of hydrogen-bond donors (Lipinski definition) is 5. The lowest BCUT2D eigenvalue weighted by Gasteiger charge is -2.09. The van der Waals surface area contributed by atoms with Crippen molar-refractivity contribution in [1.82, 2.24) is 0 Å². The Morgan fingerprint density at radius 1 is 1.25 bits per heavy atom. The normalized spacial score (nSPS) is 12.7. The molecule has 0 radical (unpaired) electrons. The lowest BCUT2D eigenvalue weighted by Crippen LogP contribution is -2.10. The van der Waals surface area contributed by atoms with Crippen LogP contribution in [0.4, 0.5) is 5.69 Å². The summed E-state index contributed by atoms with van der Waals surface area (Å²) in [6.45, 7) is 0. The van der Waals surface area contributed by atoms with E-state index in [-0.39, 0.29) is 0 Å². The van der Waals surface area contributed by atoms with E-state index in [0.29, 0.717) is 6.07 Å². The van der Waals surface area contributed by atoms with Crippen LogP contribution in [0, 0.1) is 0 Å². The number of benzene rings is 1. The predicted octanol–water partition coefficient (Wildman–Crippen LogP) is -0.976. The molecule has 90 valence electrons. The van der Waals surface area contributed by atoms with E-state index >= 15 is 0 Å². The number of phenolic OH excluding ortho intramolecular Hbond substituents is 1. The van der Waals surface area contributed by atoms with Crippen LogP contribution in [-0.4, -0.2) is 27.9 Å². The Morgan fingerprint density at radius 3 is 2.12 bits per heavy atom. The van der Waals surface area contributed by atoms with Gasteiger partial charge >= 0.3 is 7.60 Å². The van der Waals surface area contributed by atoms with Crippen LogP contribution in [-0.2, 0) is 14.7 Å². The molecule has 0 saturated heterocycles. The molecule has 6 N–H and O–H groups in total. The third-order valence-electron chi connectivity index (χ3n) is 1.70. The highest BCUT2D eigenvalue weighted by Crippen LogP contribution is 2.38. The molecule has 8 nitrogen and oxygen atoms in total. The lowest BCUT2D eigenvalue weighted by atomic mass is 10.3. The lowest BCUT2D eigenvalue weighted by molar-refractivity contribution is 0.387. The van der Waals surface area contributed by atoms with Gasteiger partial charge < -0.3 is 20.6 Å². The molecule has 1 aromatic carbocycles. The number of nitrogens with two attached hydrogens (primary N) is 1. The molecule has 0 aliphatic heterocycles. The second-order valence-corrected chi connectivity index (χ2v) is 5.90. The van der Waals surface area contributed by atoms with Gasteiger partial charge in [0.25, 0.3) is 10.1 Å². The summed E-state index contributed by atoms with van der Waals surface area (Å²) in [6, 6.07) is 1.19. The highest BCUT2D eigenvalue weighted by Gasteiger charge is 2.25. The molecule has 0 spiro atoms. The first-order valence-electron chi connectivity index (χ1n) is 3.69. The van der Waals surface area contributed by atoms with Crippen LogP contribution in [0.5, 0.6) is 5.75 Å². The summed E-state index contributed by atoms with van der Waals surface area (Å²) in [5.41, 5.74) is 4.58. The zero-order chi connectivity index (χ0) is 12.7. The van der Waals surface area contributed by atoms with Gasteiger partial charge in [0.05, 0.1) is 11.0 Å².